The van der Waals surface area contributed by atoms with Crippen molar-refractivity contribution in [3.05, 3.63) is 60.4 Å². The summed E-state index contributed by atoms with van der Waals surface area (Å²) in [5, 5.41) is 13.2. The Hall–Kier alpha value is -3.00. The van der Waals surface area contributed by atoms with Gasteiger partial charge < -0.3 is 0 Å². The maximum atomic E-state index is 8.82. The van der Waals surface area contributed by atoms with Crippen molar-refractivity contribution in [2.75, 3.05) is 0 Å². The molecule has 96 valence electrons. The third kappa shape index (κ3) is 2.15. The molecule has 0 bridgehead atoms. The number of nitrogens with zero attached hydrogens (tertiary/aromatic N) is 5. The molecule has 0 saturated carbocycles. The standard InChI is InChI=1S/C15H11N5/c1-19-14(13-7-5-12(10-16)6-8-13)11-20(18-19)15-4-2-3-9-17-15/h2-9H,1H3. The van der Waals surface area contributed by atoms with E-state index < -0.39 is 0 Å². The second-order valence-electron chi connectivity index (χ2n) is 4.26. The van der Waals surface area contributed by atoms with Crippen LogP contribution in [-0.4, -0.2) is 14.9 Å². The first-order valence-electron chi connectivity index (χ1n) is 6.08. The first-order chi connectivity index (χ1) is 9.78. The monoisotopic (exact) mass is 261 g/mol. The van der Waals surface area contributed by atoms with E-state index in [-0.39, 0.29) is 0 Å². The molecule has 3 rings (SSSR count). The Balaban J connectivity index is 2.03. The summed E-state index contributed by atoms with van der Waals surface area (Å²) in [6.07, 6.45) is 4.89. The van der Waals surface area contributed by atoms with Gasteiger partial charge in [0.25, 0.3) is 0 Å². The summed E-state index contributed by atoms with van der Waals surface area (Å²) < 4.78 is 3.34. The zero-order chi connectivity index (χ0) is 13.9. The van der Waals surface area contributed by atoms with Gasteiger partial charge in [0.15, 0.2) is 5.82 Å². The largest absolute Gasteiger partial charge is 0.216 e. The summed E-state index contributed by atoms with van der Waals surface area (Å²) >= 11 is 0. The minimum absolute atomic E-state index is 0.633. The topological polar surface area (TPSA) is 58.4 Å². The molecule has 0 unspecified atom stereocenters. The molecule has 0 amide bonds. The van der Waals surface area contributed by atoms with Crippen LogP contribution in [0.2, 0.25) is 0 Å². The summed E-state index contributed by atoms with van der Waals surface area (Å²) in [5.41, 5.74) is 2.42. The lowest BCUT2D eigenvalue weighted by atomic mass is 10.1. The molecule has 1 aromatic carbocycles. The van der Waals surface area contributed by atoms with Gasteiger partial charge in [0, 0.05) is 17.0 Å². The van der Waals surface area contributed by atoms with Crippen molar-refractivity contribution < 1.29 is 4.68 Å². The predicted molar refractivity (Wildman–Crippen MR) is 71.5 cm³/mol. The Morgan fingerprint density at radius 1 is 1.20 bits per heavy atom. The van der Waals surface area contributed by atoms with E-state index in [1.807, 2.05) is 37.4 Å². The lowest BCUT2D eigenvalue weighted by molar-refractivity contribution is -0.668. The number of hydrogen-bond acceptors (Lipinski definition) is 3. The molecule has 0 spiro atoms. The second kappa shape index (κ2) is 4.94. The Kier molecular flexibility index (Phi) is 2.98. The molecule has 0 fully saturated rings. The van der Waals surface area contributed by atoms with E-state index in [0.717, 1.165) is 11.3 Å². The molecule has 0 aliphatic carbocycles. The second-order valence-corrected chi connectivity index (χ2v) is 4.26. The maximum Gasteiger partial charge on any atom is 0.188 e. The summed E-state index contributed by atoms with van der Waals surface area (Å²) in [6, 6.07) is 15.1. The van der Waals surface area contributed by atoms with Crippen LogP contribution in [0, 0.1) is 17.5 Å². The fourth-order valence-electron chi connectivity index (χ4n) is 1.91. The highest BCUT2D eigenvalue weighted by atomic mass is 15.5. The molecular formula is C15H11N5. The molecule has 0 saturated heterocycles. The quantitative estimate of drug-likeness (QED) is 0.518. The highest BCUT2D eigenvalue weighted by molar-refractivity contribution is 5.58. The molecule has 5 nitrogen and oxygen atoms in total. The average molecular weight is 261 g/mol. The van der Waals surface area contributed by atoms with Crippen LogP contribution < -0.4 is 4.68 Å². The van der Waals surface area contributed by atoms with Crippen LogP contribution in [0.15, 0.2) is 48.7 Å². The van der Waals surface area contributed by atoms with Gasteiger partial charge in [-0.15, -0.1) is 12.1 Å². The molecule has 0 N–H and O–H groups in total. The molecular weight excluding hydrogens is 250 g/mol. The number of aromatic nitrogens is 4. The van der Waals surface area contributed by atoms with E-state index >= 15 is 0 Å². The van der Waals surface area contributed by atoms with Gasteiger partial charge in [-0.2, -0.15) is 14.9 Å². The zero-order valence-electron chi connectivity index (χ0n) is 10.9. The molecule has 0 aliphatic heterocycles. The Morgan fingerprint density at radius 2 is 2.00 bits per heavy atom. The van der Waals surface area contributed by atoms with Crippen LogP contribution in [0.3, 0.4) is 0 Å². The van der Waals surface area contributed by atoms with E-state index in [1.165, 1.54) is 0 Å². The van der Waals surface area contributed by atoms with Gasteiger partial charge in [-0.1, -0.05) is 23.8 Å². The lowest BCUT2D eigenvalue weighted by Crippen LogP contribution is -2.34. The highest BCUT2D eigenvalue weighted by Gasteiger charge is 2.07. The van der Waals surface area contributed by atoms with Crippen molar-refractivity contribution in [1.82, 2.24) is 14.9 Å². The molecule has 2 heterocycles. The fourth-order valence-corrected chi connectivity index (χ4v) is 1.91. The molecule has 20 heavy (non-hydrogen) atoms. The van der Waals surface area contributed by atoms with Crippen LogP contribution in [0.5, 0.6) is 0 Å². The Morgan fingerprint density at radius 3 is 2.65 bits per heavy atom. The summed E-state index contributed by atoms with van der Waals surface area (Å²) in [4.78, 5) is 4.24. The number of aryl methyl sites for hydroxylation is 1. The molecule has 2 aromatic heterocycles. The highest BCUT2D eigenvalue weighted by Crippen LogP contribution is 2.16. The molecule has 3 aromatic rings. The van der Waals surface area contributed by atoms with Crippen molar-refractivity contribution in [1.29, 1.82) is 5.26 Å². The zero-order valence-corrected chi connectivity index (χ0v) is 10.9. The SMILES string of the molecule is Cn1n[n+](-c2ccccn2)[c-]c1-c1ccc(C#N)cc1. The minimum atomic E-state index is 0.633. The van der Waals surface area contributed by atoms with Crippen LogP contribution in [0.25, 0.3) is 17.1 Å². The first kappa shape index (κ1) is 12.1. The van der Waals surface area contributed by atoms with Crippen LogP contribution >= 0.6 is 0 Å². The predicted octanol–water partition coefficient (Wildman–Crippen LogP) is 1.43. The van der Waals surface area contributed by atoms with Crippen LogP contribution in [-0.2, 0) is 7.05 Å². The number of hydrogen-bond donors (Lipinski definition) is 0. The van der Waals surface area contributed by atoms with Crippen molar-refractivity contribution in [2.45, 2.75) is 0 Å². The number of nitriles is 1. The lowest BCUT2D eigenvalue weighted by Gasteiger charge is -2.02. The van der Waals surface area contributed by atoms with E-state index in [1.54, 1.807) is 27.7 Å². The van der Waals surface area contributed by atoms with Crippen molar-refractivity contribution >= 4 is 0 Å². The van der Waals surface area contributed by atoms with Gasteiger partial charge in [-0.05, 0) is 12.1 Å². The fraction of sp³-hybridized carbons (Fsp3) is 0.0667. The third-order valence-electron chi connectivity index (χ3n) is 2.91. The van der Waals surface area contributed by atoms with Crippen molar-refractivity contribution in [3.8, 4) is 23.1 Å². The molecule has 0 radical (unpaired) electrons. The van der Waals surface area contributed by atoms with E-state index in [4.69, 9.17) is 5.26 Å². The smallest absolute Gasteiger partial charge is 0.188 e. The van der Waals surface area contributed by atoms with E-state index in [9.17, 15) is 0 Å². The van der Waals surface area contributed by atoms with Gasteiger partial charge >= 0.3 is 0 Å². The Labute approximate surface area is 116 Å². The normalized spacial score (nSPS) is 10.2. The summed E-state index contributed by atoms with van der Waals surface area (Å²) in [7, 11) is 1.85. The molecule has 0 atom stereocenters. The third-order valence-corrected chi connectivity index (χ3v) is 2.91. The van der Waals surface area contributed by atoms with Crippen molar-refractivity contribution in [3.63, 3.8) is 0 Å². The van der Waals surface area contributed by atoms with Crippen LogP contribution in [0.4, 0.5) is 0 Å². The average Bonchev–Trinajstić information content (AvgIpc) is 2.90. The van der Waals surface area contributed by atoms with Crippen LogP contribution in [0.1, 0.15) is 5.56 Å². The number of benzene rings is 1. The maximum absolute atomic E-state index is 8.82. The van der Waals surface area contributed by atoms with Gasteiger partial charge in [0.1, 0.15) is 0 Å². The minimum Gasteiger partial charge on any atom is -0.216 e. The van der Waals surface area contributed by atoms with Gasteiger partial charge in [-0.3, -0.25) is 0 Å². The molecule has 5 heteroatoms. The number of pyridine rings is 1. The van der Waals surface area contributed by atoms with E-state index in [0.29, 0.717) is 11.4 Å². The van der Waals surface area contributed by atoms with Gasteiger partial charge in [0.2, 0.25) is 0 Å². The first-order valence-corrected chi connectivity index (χ1v) is 6.08. The van der Waals surface area contributed by atoms with Crippen molar-refractivity contribution in [2.24, 2.45) is 7.05 Å². The Bertz CT molecular complexity index is 766. The molecule has 0 aliphatic rings. The summed E-state index contributed by atoms with van der Waals surface area (Å²) in [6.45, 7) is 0. The summed E-state index contributed by atoms with van der Waals surface area (Å²) in [5.74, 6) is 0.711. The van der Waals surface area contributed by atoms with Gasteiger partial charge in [0.05, 0.1) is 25.0 Å². The van der Waals surface area contributed by atoms with Gasteiger partial charge in [-0.25, -0.2) is 4.68 Å². The number of rotatable bonds is 2. The van der Waals surface area contributed by atoms with E-state index in [2.05, 4.69) is 22.5 Å².